The van der Waals surface area contributed by atoms with E-state index in [2.05, 4.69) is 6.58 Å². The molecule has 0 radical (unpaired) electrons. The molecule has 1 nitrogen and oxygen atoms in total. The highest BCUT2D eigenvalue weighted by Crippen LogP contribution is 2.30. The number of hydrogen-bond donors (Lipinski definition) is 0. The Labute approximate surface area is 114 Å². The van der Waals surface area contributed by atoms with Crippen LogP contribution in [-0.4, -0.2) is 5.78 Å². The van der Waals surface area contributed by atoms with E-state index in [-0.39, 0.29) is 11.4 Å². The lowest BCUT2D eigenvalue weighted by Crippen LogP contribution is -2.05. The van der Waals surface area contributed by atoms with Gasteiger partial charge in [0.2, 0.25) is 0 Å². The molecule has 0 amide bonds. The predicted octanol–water partition coefficient (Wildman–Crippen LogP) is 4.60. The number of benzene rings is 2. The van der Waals surface area contributed by atoms with Crippen molar-refractivity contribution in [2.75, 3.05) is 0 Å². The van der Waals surface area contributed by atoms with Crippen molar-refractivity contribution in [3.63, 3.8) is 0 Å². The first-order chi connectivity index (χ1) is 9.39. The van der Waals surface area contributed by atoms with Gasteiger partial charge in [-0.3, -0.25) is 4.79 Å². The lowest BCUT2D eigenvalue weighted by Gasteiger charge is -2.09. The van der Waals surface area contributed by atoms with Crippen LogP contribution in [0.2, 0.25) is 0 Å². The Morgan fingerprint density at radius 2 is 1.40 bits per heavy atom. The van der Waals surface area contributed by atoms with Crippen LogP contribution in [0.1, 0.15) is 21.5 Å². The van der Waals surface area contributed by atoms with Gasteiger partial charge in [-0.1, -0.05) is 49.0 Å². The molecule has 0 bridgehead atoms. The number of carbonyl (C=O) groups excluding carboxylic acids is 1. The Balaban J connectivity index is 2.24. The normalized spacial score (nSPS) is 11.2. The largest absolute Gasteiger partial charge is 0.416 e. The van der Waals surface area contributed by atoms with Crippen molar-refractivity contribution in [2.45, 2.75) is 6.18 Å². The molecular weight excluding hydrogens is 265 g/mol. The molecule has 20 heavy (non-hydrogen) atoms. The topological polar surface area (TPSA) is 17.1 Å². The van der Waals surface area contributed by atoms with E-state index in [0.717, 1.165) is 12.1 Å². The minimum Gasteiger partial charge on any atom is -0.289 e. The maximum absolute atomic E-state index is 12.5. The third-order valence-electron chi connectivity index (χ3n) is 2.87. The number of hydrogen-bond acceptors (Lipinski definition) is 1. The van der Waals surface area contributed by atoms with Crippen LogP contribution >= 0.6 is 0 Å². The molecule has 0 aliphatic carbocycles. The summed E-state index contributed by atoms with van der Waals surface area (Å²) in [6.45, 7) is 3.66. The smallest absolute Gasteiger partial charge is 0.289 e. The van der Waals surface area contributed by atoms with Crippen molar-refractivity contribution >= 4 is 11.4 Å². The molecule has 0 unspecified atom stereocenters. The minimum absolute atomic E-state index is 0.171. The van der Waals surface area contributed by atoms with E-state index < -0.39 is 11.7 Å². The molecule has 0 saturated heterocycles. The molecule has 0 N–H and O–H groups in total. The van der Waals surface area contributed by atoms with Gasteiger partial charge in [0.25, 0.3) is 0 Å². The molecule has 0 spiro atoms. The molecule has 0 saturated carbocycles. The molecule has 2 aromatic rings. The summed E-state index contributed by atoms with van der Waals surface area (Å²) in [7, 11) is 0. The van der Waals surface area contributed by atoms with Crippen LogP contribution in [0.5, 0.6) is 0 Å². The quantitative estimate of drug-likeness (QED) is 0.591. The third kappa shape index (κ3) is 2.96. The highest BCUT2D eigenvalue weighted by molar-refractivity contribution is 6.28. The van der Waals surface area contributed by atoms with Gasteiger partial charge < -0.3 is 0 Å². The maximum Gasteiger partial charge on any atom is 0.416 e. The van der Waals surface area contributed by atoms with Gasteiger partial charge in [0.05, 0.1) is 5.56 Å². The van der Waals surface area contributed by atoms with Crippen molar-refractivity contribution in [3.8, 4) is 0 Å². The summed E-state index contributed by atoms with van der Waals surface area (Å²) in [4.78, 5) is 12.1. The van der Waals surface area contributed by atoms with Gasteiger partial charge >= 0.3 is 6.18 Å². The average molecular weight is 276 g/mol. The number of Topliss-reactive ketones (excluding diaryl/α,β-unsaturated/α-hetero) is 1. The Morgan fingerprint density at radius 1 is 0.850 bits per heavy atom. The van der Waals surface area contributed by atoms with Gasteiger partial charge in [-0.15, -0.1) is 0 Å². The molecule has 0 heterocycles. The second kappa shape index (κ2) is 5.33. The Morgan fingerprint density at radius 3 is 1.90 bits per heavy atom. The number of carbonyl (C=O) groups is 1. The standard InChI is InChI=1S/C16H11F3O/c1-11(15(20)13-5-3-2-4-6-13)12-7-9-14(10-8-12)16(17,18)19/h2-10H,1H2. The summed E-state index contributed by atoms with van der Waals surface area (Å²) in [5.74, 6) is -0.301. The molecule has 2 rings (SSSR count). The SMILES string of the molecule is C=C(C(=O)c1ccccc1)c1ccc(C(F)(F)F)cc1. The monoisotopic (exact) mass is 276 g/mol. The third-order valence-corrected chi connectivity index (χ3v) is 2.87. The zero-order valence-electron chi connectivity index (χ0n) is 10.4. The van der Waals surface area contributed by atoms with E-state index >= 15 is 0 Å². The lowest BCUT2D eigenvalue weighted by atomic mass is 9.97. The van der Waals surface area contributed by atoms with Crippen molar-refractivity contribution in [2.24, 2.45) is 0 Å². The molecular formula is C16H11F3O. The van der Waals surface area contributed by atoms with Gasteiger partial charge in [-0.2, -0.15) is 13.2 Å². The molecule has 0 aliphatic heterocycles. The number of halogens is 3. The number of rotatable bonds is 3. The molecule has 4 heteroatoms. The van der Waals surface area contributed by atoms with E-state index in [1.165, 1.54) is 12.1 Å². The highest BCUT2D eigenvalue weighted by Gasteiger charge is 2.30. The zero-order chi connectivity index (χ0) is 14.8. The zero-order valence-corrected chi connectivity index (χ0v) is 10.4. The fourth-order valence-electron chi connectivity index (χ4n) is 1.76. The van der Waals surface area contributed by atoms with Crippen LogP contribution in [0, 0.1) is 0 Å². The Kier molecular flexibility index (Phi) is 3.74. The van der Waals surface area contributed by atoms with E-state index in [1.807, 2.05) is 0 Å². The molecule has 102 valence electrons. The Hall–Kier alpha value is -2.36. The van der Waals surface area contributed by atoms with Crippen LogP contribution in [0.25, 0.3) is 5.57 Å². The summed E-state index contributed by atoms with van der Waals surface area (Å²) in [6, 6.07) is 12.9. The second-order valence-corrected chi connectivity index (χ2v) is 4.25. The first-order valence-electron chi connectivity index (χ1n) is 5.86. The van der Waals surface area contributed by atoms with Gasteiger partial charge in [-0.05, 0) is 17.7 Å². The van der Waals surface area contributed by atoms with E-state index in [9.17, 15) is 18.0 Å². The van der Waals surface area contributed by atoms with Crippen LogP contribution in [0.15, 0.2) is 61.2 Å². The van der Waals surface area contributed by atoms with Gasteiger partial charge in [-0.25, -0.2) is 0 Å². The van der Waals surface area contributed by atoms with E-state index in [1.54, 1.807) is 30.3 Å². The molecule has 0 aliphatic rings. The first kappa shape index (κ1) is 14.1. The first-order valence-corrected chi connectivity index (χ1v) is 5.86. The highest BCUT2D eigenvalue weighted by atomic mass is 19.4. The average Bonchev–Trinajstić information content (AvgIpc) is 2.46. The number of allylic oxidation sites excluding steroid dienone is 1. The predicted molar refractivity (Wildman–Crippen MR) is 71.3 cm³/mol. The van der Waals surface area contributed by atoms with Crippen LogP contribution in [-0.2, 0) is 6.18 Å². The second-order valence-electron chi connectivity index (χ2n) is 4.25. The fraction of sp³-hybridized carbons (Fsp3) is 0.0625. The summed E-state index contributed by atoms with van der Waals surface area (Å²) >= 11 is 0. The fourth-order valence-corrected chi connectivity index (χ4v) is 1.76. The Bertz CT molecular complexity index is 625. The van der Waals surface area contributed by atoms with Crippen molar-refractivity contribution in [3.05, 3.63) is 77.9 Å². The minimum atomic E-state index is -4.39. The van der Waals surface area contributed by atoms with Crippen LogP contribution in [0.3, 0.4) is 0 Å². The van der Waals surface area contributed by atoms with Gasteiger partial charge in [0.1, 0.15) is 0 Å². The summed E-state index contributed by atoms with van der Waals surface area (Å²) in [5.41, 5.74) is 0.260. The molecule has 2 aromatic carbocycles. The molecule has 0 fully saturated rings. The van der Waals surface area contributed by atoms with Crippen LogP contribution < -0.4 is 0 Å². The van der Waals surface area contributed by atoms with Crippen LogP contribution in [0.4, 0.5) is 13.2 Å². The summed E-state index contributed by atoms with van der Waals surface area (Å²) < 4.78 is 37.4. The van der Waals surface area contributed by atoms with E-state index in [4.69, 9.17) is 0 Å². The summed E-state index contributed by atoms with van der Waals surface area (Å²) in [6.07, 6.45) is -4.39. The van der Waals surface area contributed by atoms with Gasteiger partial charge in [0, 0.05) is 11.1 Å². The lowest BCUT2D eigenvalue weighted by molar-refractivity contribution is -0.137. The van der Waals surface area contributed by atoms with Crippen molar-refractivity contribution in [1.29, 1.82) is 0 Å². The maximum atomic E-state index is 12.5. The van der Waals surface area contributed by atoms with Crippen molar-refractivity contribution < 1.29 is 18.0 Å². The number of ketones is 1. The molecule has 0 aromatic heterocycles. The van der Waals surface area contributed by atoms with E-state index in [0.29, 0.717) is 11.1 Å². The number of alkyl halides is 3. The molecule has 0 atom stereocenters. The van der Waals surface area contributed by atoms with Crippen molar-refractivity contribution in [1.82, 2.24) is 0 Å². The van der Waals surface area contributed by atoms with Gasteiger partial charge in [0.15, 0.2) is 5.78 Å². The summed E-state index contributed by atoms with van der Waals surface area (Å²) in [5, 5.41) is 0.